The monoisotopic (exact) mass is 428 g/mol. The molecule has 0 spiro atoms. The zero-order valence-corrected chi connectivity index (χ0v) is 20.4. The van der Waals surface area contributed by atoms with E-state index in [1.54, 1.807) is 0 Å². The number of fused-ring (bicyclic) bond motifs is 7. The third-order valence-corrected chi connectivity index (χ3v) is 12.0. The van der Waals surface area contributed by atoms with Crippen molar-refractivity contribution >= 4 is 5.97 Å². The SMILES string of the molecule is CC1CCCC2(C(=O)O)CC[C@@H]3C(=CCC4C5(C)CCC(O)C(C)(C)C5CCC43C)C12. The van der Waals surface area contributed by atoms with Gasteiger partial charge in [-0.25, -0.2) is 0 Å². The molecule has 0 bridgehead atoms. The summed E-state index contributed by atoms with van der Waals surface area (Å²) in [6, 6.07) is 0. The van der Waals surface area contributed by atoms with Gasteiger partial charge in [-0.1, -0.05) is 59.1 Å². The van der Waals surface area contributed by atoms with E-state index >= 15 is 0 Å². The van der Waals surface area contributed by atoms with E-state index in [4.69, 9.17) is 0 Å². The summed E-state index contributed by atoms with van der Waals surface area (Å²) in [6.07, 6.45) is 13.0. The molecule has 9 atom stereocenters. The number of carboxylic acid groups (broad SMARTS) is 1. The molecule has 8 unspecified atom stereocenters. The molecule has 5 aliphatic carbocycles. The second-order valence-electron chi connectivity index (χ2n) is 13.4. The largest absolute Gasteiger partial charge is 0.481 e. The van der Waals surface area contributed by atoms with Crippen LogP contribution in [0.3, 0.4) is 0 Å². The molecule has 174 valence electrons. The number of aliphatic hydroxyl groups is 1. The van der Waals surface area contributed by atoms with E-state index < -0.39 is 11.4 Å². The van der Waals surface area contributed by atoms with Crippen molar-refractivity contribution in [1.29, 1.82) is 0 Å². The van der Waals surface area contributed by atoms with Crippen LogP contribution >= 0.6 is 0 Å². The first kappa shape index (κ1) is 22.0. The number of allylic oxidation sites excluding steroid dienone is 2. The van der Waals surface area contributed by atoms with Crippen molar-refractivity contribution in [2.75, 3.05) is 0 Å². The van der Waals surface area contributed by atoms with Gasteiger partial charge in [-0.2, -0.15) is 0 Å². The Labute approximate surface area is 189 Å². The van der Waals surface area contributed by atoms with E-state index in [2.05, 4.69) is 40.7 Å². The molecule has 0 aromatic heterocycles. The van der Waals surface area contributed by atoms with Crippen LogP contribution in [-0.2, 0) is 4.79 Å². The number of aliphatic hydroxyl groups excluding tert-OH is 1. The van der Waals surface area contributed by atoms with E-state index in [-0.39, 0.29) is 28.3 Å². The van der Waals surface area contributed by atoms with Crippen molar-refractivity contribution in [3.8, 4) is 0 Å². The second kappa shape index (κ2) is 6.84. The Morgan fingerprint density at radius 2 is 1.65 bits per heavy atom. The summed E-state index contributed by atoms with van der Waals surface area (Å²) in [4.78, 5) is 12.6. The quantitative estimate of drug-likeness (QED) is 0.472. The highest BCUT2D eigenvalue weighted by Gasteiger charge is 2.65. The molecule has 0 heterocycles. The van der Waals surface area contributed by atoms with Gasteiger partial charge < -0.3 is 10.2 Å². The topological polar surface area (TPSA) is 57.5 Å². The molecule has 0 aromatic carbocycles. The lowest BCUT2D eigenvalue weighted by molar-refractivity contribution is -0.188. The standard InChI is InChI=1S/C28H44O3/c1-17-7-6-13-28(24(30)31)16-10-19-18(23(17)28)8-9-21-26(19,4)14-11-20-25(2,3)22(29)12-15-27(20,21)5/h8,17,19-23,29H,6-7,9-16H2,1-5H3,(H,30,31)/t17?,19-,20?,21?,22?,23?,26?,27?,28?/m1/s1. The van der Waals surface area contributed by atoms with E-state index in [1.807, 2.05) is 0 Å². The van der Waals surface area contributed by atoms with E-state index in [0.29, 0.717) is 23.7 Å². The van der Waals surface area contributed by atoms with Gasteiger partial charge >= 0.3 is 5.97 Å². The van der Waals surface area contributed by atoms with Crippen LogP contribution in [0.1, 0.15) is 98.8 Å². The molecule has 31 heavy (non-hydrogen) atoms. The number of hydrogen-bond acceptors (Lipinski definition) is 2. The number of carbonyl (C=O) groups is 1. The number of rotatable bonds is 1. The number of aliphatic carboxylic acids is 1. The average molecular weight is 429 g/mol. The summed E-state index contributed by atoms with van der Waals surface area (Å²) in [7, 11) is 0. The highest BCUT2D eigenvalue weighted by atomic mass is 16.4. The molecule has 5 aliphatic rings. The van der Waals surface area contributed by atoms with Crippen LogP contribution < -0.4 is 0 Å². The van der Waals surface area contributed by atoms with Gasteiger partial charge in [-0.15, -0.1) is 0 Å². The van der Waals surface area contributed by atoms with Gasteiger partial charge in [0.25, 0.3) is 0 Å². The van der Waals surface area contributed by atoms with Crippen molar-refractivity contribution in [3.05, 3.63) is 11.6 Å². The van der Waals surface area contributed by atoms with Crippen molar-refractivity contribution < 1.29 is 15.0 Å². The average Bonchev–Trinajstić information content (AvgIpc) is 2.70. The Hall–Kier alpha value is -0.830. The fraction of sp³-hybridized carbons (Fsp3) is 0.893. The fourth-order valence-corrected chi connectivity index (χ4v) is 10.4. The number of hydrogen-bond donors (Lipinski definition) is 2. The molecule has 4 saturated carbocycles. The highest BCUT2D eigenvalue weighted by molar-refractivity contribution is 5.76. The maximum absolute atomic E-state index is 12.6. The lowest BCUT2D eigenvalue weighted by Gasteiger charge is -2.68. The van der Waals surface area contributed by atoms with Gasteiger partial charge in [0, 0.05) is 0 Å². The normalized spacial score (nSPS) is 53.3. The Balaban J connectivity index is 1.56. The minimum Gasteiger partial charge on any atom is -0.481 e. The van der Waals surface area contributed by atoms with E-state index in [0.717, 1.165) is 44.9 Å². The zero-order chi connectivity index (χ0) is 22.4. The third-order valence-electron chi connectivity index (χ3n) is 12.0. The van der Waals surface area contributed by atoms with Crippen molar-refractivity contribution in [3.63, 3.8) is 0 Å². The maximum atomic E-state index is 12.6. The Morgan fingerprint density at radius 1 is 0.935 bits per heavy atom. The van der Waals surface area contributed by atoms with Crippen molar-refractivity contribution in [2.24, 2.45) is 51.2 Å². The van der Waals surface area contributed by atoms with Gasteiger partial charge in [-0.3, -0.25) is 4.79 Å². The Morgan fingerprint density at radius 3 is 2.35 bits per heavy atom. The summed E-state index contributed by atoms with van der Waals surface area (Å²) >= 11 is 0. The molecule has 4 fully saturated rings. The van der Waals surface area contributed by atoms with E-state index in [1.165, 1.54) is 24.8 Å². The minimum atomic E-state index is -0.533. The fourth-order valence-electron chi connectivity index (χ4n) is 10.4. The zero-order valence-electron chi connectivity index (χ0n) is 20.4. The van der Waals surface area contributed by atoms with Crippen LogP contribution in [-0.4, -0.2) is 22.3 Å². The molecule has 3 heteroatoms. The molecule has 3 nitrogen and oxygen atoms in total. The summed E-state index contributed by atoms with van der Waals surface area (Å²) in [5.41, 5.74) is 1.56. The molecule has 0 amide bonds. The summed E-state index contributed by atoms with van der Waals surface area (Å²) < 4.78 is 0. The molecule has 0 saturated heterocycles. The first-order valence-electron chi connectivity index (χ1n) is 13.1. The Kier molecular flexibility index (Phi) is 4.85. The highest BCUT2D eigenvalue weighted by Crippen LogP contribution is 2.71. The lowest BCUT2D eigenvalue weighted by atomic mass is 9.37. The summed E-state index contributed by atoms with van der Waals surface area (Å²) in [6.45, 7) is 12.0. The second-order valence-corrected chi connectivity index (χ2v) is 13.4. The minimum absolute atomic E-state index is 0.0127. The van der Waals surface area contributed by atoms with Crippen LogP contribution in [0.4, 0.5) is 0 Å². The molecule has 5 rings (SSSR count). The molecule has 0 aromatic rings. The van der Waals surface area contributed by atoms with Crippen LogP contribution in [0.2, 0.25) is 0 Å². The van der Waals surface area contributed by atoms with Crippen LogP contribution in [0.25, 0.3) is 0 Å². The Bertz CT molecular complexity index is 798. The maximum Gasteiger partial charge on any atom is 0.310 e. The third kappa shape index (κ3) is 2.71. The predicted octanol–water partition coefficient (Wildman–Crippen LogP) is 6.45. The van der Waals surface area contributed by atoms with Gasteiger partial charge in [0.15, 0.2) is 0 Å². The van der Waals surface area contributed by atoms with Gasteiger partial charge in [0.05, 0.1) is 11.5 Å². The predicted molar refractivity (Wildman–Crippen MR) is 123 cm³/mol. The summed E-state index contributed by atoms with van der Waals surface area (Å²) in [5.74, 6) is 1.97. The first-order valence-corrected chi connectivity index (χ1v) is 13.1. The first-order chi connectivity index (χ1) is 14.5. The van der Waals surface area contributed by atoms with Crippen LogP contribution in [0.15, 0.2) is 11.6 Å². The van der Waals surface area contributed by atoms with Crippen LogP contribution in [0, 0.1) is 51.2 Å². The van der Waals surface area contributed by atoms with E-state index in [9.17, 15) is 15.0 Å². The van der Waals surface area contributed by atoms with Crippen LogP contribution in [0.5, 0.6) is 0 Å². The van der Waals surface area contributed by atoms with Gasteiger partial charge in [0.1, 0.15) is 0 Å². The molecule has 0 aliphatic heterocycles. The molecule has 2 N–H and O–H groups in total. The number of carboxylic acids is 1. The summed E-state index contributed by atoms with van der Waals surface area (Å²) in [5, 5.41) is 21.2. The smallest absolute Gasteiger partial charge is 0.310 e. The lowest BCUT2D eigenvalue weighted by Crippen LogP contribution is -2.62. The van der Waals surface area contributed by atoms with Crippen molar-refractivity contribution in [2.45, 2.75) is 105 Å². The van der Waals surface area contributed by atoms with Gasteiger partial charge in [-0.05, 0) is 97.2 Å². The molecule has 0 radical (unpaired) electrons. The molecular weight excluding hydrogens is 384 g/mol. The molecular formula is C28H44O3. The van der Waals surface area contributed by atoms with Crippen molar-refractivity contribution in [1.82, 2.24) is 0 Å². The van der Waals surface area contributed by atoms with Gasteiger partial charge in [0.2, 0.25) is 0 Å².